The van der Waals surface area contributed by atoms with Crippen molar-refractivity contribution in [3.63, 3.8) is 0 Å². The van der Waals surface area contributed by atoms with Crippen molar-refractivity contribution in [2.24, 2.45) is 0 Å². The molecule has 0 unspecified atom stereocenters. The van der Waals surface area contributed by atoms with Crippen molar-refractivity contribution < 1.29 is 22.7 Å². The third kappa shape index (κ3) is 4.96. The third-order valence-electron chi connectivity index (χ3n) is 3.19. The Hall–Kier alpha value is -2.08. The second-order valence-corrected chi connectivity index (χ2v) is 5.51. The third-order valence-corrected chi connectivity index (χ3v) is 3.57. The Morgan fingerprint density at radius 1 is 0.958 bits per heavy atom. The van der Waals surface area contributed by atoms with Gasteiger partial charge in [0.05, 0.1) is 5.56 Å². The first-order chi connectivity index (χ1) is 11.4. The molecule has 0 radical (unpaired) electrons. The van der Waals surface area contributed by atoms with Gasteiger partial charge in [-0.15, -0.1) is 0 Å². The first-order valence-corrected chi connectivity index (χ1v) is 8.20. The number of carbonyl (C=O) groups excluding carboxylic acids is 1. The molecule has 2 nitrogen and oxygen atoms in total. The molecule has 0 saturated heterocycles. The highest BCUT2D eigenvalue weighted by Gasteiger charge is 2.30. The molecule has 0 atom stereocenters. The Kier molecular flexibility index (Phi) is 6.20. The van der Waals surface area contributed by atoms with Crippen molar-refractivity contribution in [2.75, 3.05) is 11.9 Å². The van der Waals surface area contributed by atoms with Crippen molar-refractivity contribution >= 4 is 21.7 Å². The van der Waals surface area contributed by atoms with Crippen LogP contribution in [0.4, 0.5) is 13.2 Å². The molecule has 0 N–H and O–H groups in total. The fourth-order valence-electron chi connectivity index (χ4n) is 1.96. The number of ether oxygens (including phenoxy) is 1. The molecule has 0 aliphatic carbocycles. The number of benzene rings is 2. The fraction of sp³-hybridized carbons (Fsp3) is 0.167. The molecule has 126 valence electrons. The Balaban J connectivity index is 2.05. The number of alkyl halides is 4. The SMILES string of the molecule is O=C(c1ccc(OC/C=C/CBr)cc1)c1ccc(C(F)(F)F)cc1. The van der Waals surface area contributed by atoms with Gasteiger partial charge in [0, 0.05) is 16.5 Å². The lowest BCUT2D eigenvalue weighted by molar-refractivity contribution is -0.137. The highest BCUT2D eigenvalue weighted by Crippen LogP contribution is 2.29. The van der Waals surface area contributed by atoms with Crippen molar-refractivity contribution in [1.82, 2.24) is 0 Å². The summed E-state index contributed by atoms with van der Waals surface area (Å²) in [6.45, 7) is 0.414. The largest absolute Gasteiger partial charge is 0.490 e. The molecule has 0 heterocycles. The van der Waals surface area contributed by atoms with Gasteiger partial charge in [-0.3, -0.25) is 4.79 Å². The Bertz CT molecular complexity index is 705. The lowest BCUT2D eigenvalue weighted by Gasteiger charge is -2.08. The van der Waals surface area contributed by atoms with Gasteiger partial charge in [0.2, 0.25) is 0 Å². The van der Waals surface area contributed by atoms with E-state index in [0.29, 0.717) is 17.9 Å². The van der Waals surface area contributed by atoms with Crippen molar-refractivity contribution in [3.05, 3.63) is 77.4 Å². The monoisotopic (exact) mass is 398 g/mol. The summed E-state index contributed by atoms with van der Waals surface area (Å²) in [6.07, 6.45) is -0.650. The molecule has 0 bridgehead atoms. The van der Waals surface area contributed by atoms with Crippen LogP contribution in [0, 0.1) is 0 Å². The maximum Gasteiger partial charge on any atom is 0.416 e. The second-order valence-electron chi connectivity index (χ2n) is 4.87. The molecule has 0 aliphatic heterocycles. The van der Waals surface area contributed by atoms with Crippen LogP contribution in [-0.4, -0.2) is 17.7 Å². The van der Waals surface area contributed by atoms with Gasteiger partial charge in [-0.05, 0) is 36.4 Å². The first-order valence-electron chi connectivity index (χ1n) is 7.07. The standard InChI is InChI=1S/C18H14BrF3O2/c19-11-1-2-12-24-16-9-5-14(6-10-16)17(23)13-3-7-15(8-4-13)18(20,21)22/h1-10H,11-12H2/b2-1+. The molecular formula is C18H14BrF3O2. The van der Waals surface area contributed by atoms with E-state index >= 15 is 0 Å². The Morgan fingerprint density at radius 3 is 2.00 bits per heavy atom. The number of hydrogen-bond acceptors (Lipinski definition) is 2. The van der Waals surface area contributed by atoms with E-state index in [1.54, 1.807) is 24.3 Å². The van der Waals surface area contributed by atoms with Gasteiger partial charge in [0.1, 0.15) is 12.4 Å². The average molecular weight is 399 g/mol. The molecule has 2 aromatic rings. The maximum absolute atomic E-state index is 12.5. The van der Waals surface area contributed by atoms with Crippen molar-refractivity contribution in [2.45, 2.75) is 6.18 Å². The number of allylic oxidation sites excluding steroid dienone is 1. The average Bonchev–Trinajstić information content (AvgIpc) is 2.58. The van der Waals surface area contributed by atoms with Gasteiger partial charge in [0.15, 0.2) is 5.78 Å². The van der Waals surface area contributed by atoms with E-state index in [2.05, 4.69) is 15.9 Å². The van der Waals surface area contributed by atoms with Crippen LogP contribution in [0.1, 0.15) is 21.5 Å². The predicted octanol–water partition coefficient (Wildman–Crippen LogP) is 5.27. The molecule has 0 aliphatic rings. The summed E-state index contributed by atoms with van der Waals surface area (Å²) in [5.74, 6) is 0.271. The first kappa shape index (κ1) is 18.3. The topological polar surface area (TPSA) is 26.3 Å². The predicted molar refractivity (Wildman–Crippen MR) is 89.7 cm³/mol. The molecule has 0 aromatic heterocycles. The van der Waals surface area contributed by atoms with Crippen LogP contribution in [0.25, 0.3) is 0 Å². The zero-order valence-corrected chi connectivity index (χ0v) is 14.1. The molecular weight excluding hydrogens is 385 g/mol. The minimum atomic E-state index is -4.41. The molecule has 2 aromatic carbocycles. The maximum atomic E-state index is 12.5. The molecule has 2 rings (SSSR count). The Labute approximate surface area is 146 Å². The van der Waals surface area contributed by atoms with Crippen LogP contribution in [-0.2, 0) is 6.18 Å². The van der Waals surface area contributed by atoms with E-state index in [1.807, 2.05) is 12.2 Å². The van der Waals surface area contributed by atoms with Gasteiger partial charge in [-0.1, -0.05) is 40.2 Å². The molecule has 0 saturated carbocycles. The van der Waals surface area contributed by atoms with Crippen LogP contribution in [0.2, 0.25) is 0 Å². The molecule has 0 amide bonds. The van der Waals surface area contributed by atoms with E-state index in [9.17, 15) is 18.0 Å². The number of halogens is 4. The van der Waals surface area contributed by atoms with Gasteiger partial charge < -0.3 is 4.74 Å². The zero-order valence-electron chi connectivity index (χ0n) is 12.5. The van der Waals surface area contributed by atoms with Crippen LogP contribution < -0.4 is 4.74 Å². The number of hydrogen-bond donors (Lipinski definition) is 0. The van der Waals surface area contributed by atoms with Gasteiger partial charge >= 0.3 is 6.18 Å². The van der Waals surface area contributed by atoms with E-state index in [-0.39, 0.29) is 11.3 Å². The quantitative estimate of drug-likeness (QED) is 0.376. The number of carbonyl (C=O) groups is 1. The van der Waals surface area contributed by atoms with E-state index in [4.69, 9.17) is 4.74 Å². The molecule has 0 spiro atoms. The molecule has 0 fully saturated rings. The summed E-state index contributed by atoms with van der Waals surface area (Å²) in [5, 5.41) is 0.747. The van der Waals surface area contributed by atoms with Crippen LogP contribution in [0.15, 0.2) is 60.7 Å². The summed E-state index contributed by atoms with van der Waals surface area (Å²) < 4.78 is 43.1. The van der Waals surface area contributed by atoms with Gasteiger partial charge in [-0.2, -0.15) is 13.2 Å². The van der Waals surface area contributed by atoms with E-state index in [1.165, 1.54) is 12.1 Å². The summed E-state index contributed by atoms with van der Waals surface area (Å²) in [6, 6.07) is 10.6. The Morgan fingerprint density at radius 2 is 1.50 bits per heavy atom. The lowest BCUT2D eigenvalue weighted by atomic mass is 10.0. The van der Waals surface area contributed by atoms with Gasteiger partial charge in [-0.25, -0.2) is 0 Å². The summed E-state index contributed by atoms with van der Waals surface area (Å²) in [5.41, 5.74) is -0.186. The fourth-order valence-corrected chi connectivity index (χ4v) is 2.22. The van der Waals surface area contributed by atoms with Crippen LogP contribution in [0.5, 0.6) is 5.75 Å². The highest BCUT2D eigenvalue weighted by atomic mass is 79.9. The minimum Gasteiger partial charge on any atom is -0.490 e. The van der Waals surface area contributed by atoms with E-state index in [0.717, 1.165) is 17.5 Å². The minimum absolute atomic E-state index is 0.205. The number of rotatable bonds is 6. The van der Waals surface area contributed by atoms with Gasteiger partial charge in [0.25, 0.3) is 0 Å². The van der Waals surface area contributed by atoms with Crippen molar-refractivity contribution in [3.8, 4) is 5.75 Å². The second kappa shape index (κ2) is 8.15. The lowest BCUT2D eigenvalue weighted by Crippen LogP contribution is -2.06. The molecule has 6 heteroatoms. The number of ketones is 1. The summed E-state index contributed by atoms with van der Waals surface area (Å²) in [7, 11) is 0. The van der Waals surface area contributed by atoms with Crippen LogP contribution in [0.3, 0.4) is 0 Å². The van der Waals surface area contributed by atoms with Crippen LogP contribution >= 0.6 is 15.9 Å². The summed E-state index contributed by atoms with van der Waals surface area (Å²) >= 11 is 3.26. The van der Waals surface area contributed by atoms with Crippen molar-refractivity contribution in [1.29, 1.82) is 0 Å². The summed E-state index contributed by atoms with van der Waals surface area (Å²) in [4.78, 5) is 12.3. The highest BCUT2D eigenvalue weighted by molar-refractivity contribution is 9.09. The van der Waals surface area contributed by atoms with E-state index < -0.39 is 11.7 Å². The molecule has 24 heavy (non-hydrogen) atoms. The smallest absolute Gasteiger partial charge is 0.416 e. The zero-order chi connectivity index (χ0) is 17.6. The normalized spacial score (nSPS) is 11.7.